The summed E-state index contributed by atoms with van der Waals surface area (Å²) in [7, 11) is 1.70. The van der Waals surface area contributed by atoms with E-state index >= 15 is 0 Å². The second-order valence-corrected chi connectivity index (χ2v) is 7.97. The Morgan fingerprint density at radius 2 is 1.61 bits per heavy atom. The van der Waals surface area contributed by atoms with E-state index in [0.717, 1.165) is 11.1 Å². The van der Waals surface area contributed by atoms with Crippen molar-refractivity contribution in [2.24, 2.45) is 7.05 Å². The average molecular weight is 394 g/mol. The van der Waals surface area contributed by atoms with E-state index in [1.807, 2.05) is 30.3 Å². The molecule has 0 radical (unpaired) electrons. The zero-order chi connectivity index (χ0) is 20.6. The molecule has 0 aliphatic rings. The van der Waals surface area contributed by atoms with Crippen molar-refractivity contribution in [3.8, 4) is 23.0 Å². The molecule has 0 aliphatic heterocycles. The molecule has 0 bridgehead atoms. The average Bonchev–Trinajstić information content (AvgIpc) is 2.92. The Labute approximate surface area is 168 Å². The molecular weight excluding hydrogens is 374 g/mol. The van der Waals surface area contributed by atoms with Gasteiger partial charge in [0.25, 0.3) is 10.8 Å². The highest BCUT2D eigenvalue weighted by atomic mass is 35.5. The quantitative estimate of drug-likeness (QED) is 0.619. The van der Waals surface area contributed by atoms with E-state index in [0.29, 0.717) is 16.9 Å². The summed E-state index contributed by atoms with van der Waals surface area (Å²) in [4.78, 5) is 25.1. The number of carbonyl (C=O) groups is 1. The van der Waals surface area contributed by atoms with Crippen LogP contribution in [0.15, 0.2) is 53.3 Å². The van der Waals surface area contributed by atoms with Gasteiger partial charge in [-0.25, -0.2) is 4.68 Å². The highest BCUT2D eigenvalue weighted by Gasteiger charge is 2.25. The maximum Gasteiger partial charge on any atom is 0.284 e. The zero-order valence-corrected chi connectivity index (χ0v) is 16.9. The molecule has 0 saturated heterocycles. The first kappa shape index (κ1) is 19.7. The standard InChI is InChI=1S/C22H20ClN3O2/c1-22(2,3)16-9-7-15(8-10-16)19-18(20(23)27)21(28)26(25(19)4)17-11-5-14(13-24)6-12-17/h5-12H,1-4H3. The molecule has 3 rings (SSSR count). The Morgan fingerprint density at radius 3 is 2.07 bits per heavy atom. The molecule has 0 N–H and O–H groups in total. The maximum atomic E-state index is 13.0. The molecule has 0 spiro atoms. The van der Waals surface area contributed by atoms with Gasteiger partial charge in [0.1, 0.15) is 5.56 Å². The van der Waals surface area contributed by atoms with Crippen LogP contribution in [0.25, 0.3) is 16.9 Å². The van der Waals surface area contributed by atoms with E-state index in [1.54, 1.807) is 36.0 Å². The van der Waals surface area contributed by atoms with Crippen LogP contribution < -0.4 is 5.56 Å². The Kier molecular flexibility index (Phi) is 5.01. The zero-order valence-electron chi connectivity index (χ0n) is 16.2. The summed E-state index contributed by atoms with van der Waals surface area (Å²) in [5.74, 6) is 0. The second kappa shape index (κ2) is 7.14. The number of nitrogens with zero attached hydrogens (tertiary/aromatic N) is 3. The molecule has 0 saturated carbocycles. The number of hydrogen-bond donors (Lipinski definition) is 0. The normalized spacial score (nSPS) is 11.3. The van der Waals surface area contributed by atoms with Crippen LogP contribution in [-0.2, 0) is 12.5 Å². The molecule has 1 heterocycles. The lowest BCUT2D eigenvalue weighted by molar-refractivity contribution is 0.108. The van der Waals surface area contributed by atoms with Crippen molar-refractivity contribution in [2.75, 3.05) is 0 Å². The molecule has 1 aromatic heterocycles. The number of carbonyl (C=O) groups excluding carboxylic acids is 1. The molecule has 3 aromatic rings. The van der Waals surface area contributed by atoms with Gasteiger partial charge >= 0.3 is 0 Å². The molecule has 6 heteroatoms. The Morgan fingerprint density at radius 1 is 1.04 bits per heavy atom. The number of benzene rings is 2. The summed E-state index contributed by atoms with van der Waals surface area (Å²) >= 11 is 5.78. The fraction of sp³-hybridized carbons (Fsp3) is 0.227. The van der Waals surface area contributed by atoms with Crippen LogP contribution in [0.5, 0.6) is 0 Å². The number of rotatable bonds is 3. The van der Waals surface area contributed by atoms with Gasteiger partial charge in [-0.2, -0.15) is 5.26 Å². The third kappa shape index (κ3) is 3.39. The Balaban J connectivity index is 2.23. The van der Waals surface area contributed by atoms with E-state index in [9.17, 15) is 9.59 Å². The largest absolute Gasteiger partial charge is 0.284 e. The monoisotopic (exact) mass is 393 g/mol. The van der Waals surface area contributed by atoms with Crippen molar-refractivity contribution in [1.82, 2.24) is 9.36 Å². The van der Waals surface area contributed by atoms with Crippen LogP contribution in [-0.4, -0.2) is 14.6 Å². The Hall–Kier alpha value is -3.10. The lowest BCUT2D eigenvalue weighted by Crippen LogP contribution is -2.21. The predicted octanol–water partition coefficient (Wildman–Crippen LogP) is 4.39. The van der Waals surface area contributed by atoms with Gasteiger partial charge < -0.3 is 0 Å². The fourth-order valence-corrected chi connectivity index (χ4v) is 3.38. The van der Waals surface area contributed by atoms with E-state index in [1.165, 1.54) is 4.68 Å². The Bertz CT molecular complexity index is 1140. The number of halogens is 1. The number of nitriles is 1. The molecule has 0 atom stereocenters. The minimum atomic E-state index is -0.803. The van der Waals surface area contributed by atoms with Crippen LogP contribution in [0.1, 0.15) is 42.3 Å². The first-order valence-corrected chi connectivity index (χ1v) is 9.16. The SMILES string of the molecule is Cn1c(-c2ccc(C(C)(C)C)cc2)c(C(=O)Cl)c(=O)n1-c1ccc(C#N)cc1. The first-order valence-electron chi connectivity index (χ1n) is 8.78. The summed E-state index contributed by atoms with van der Waals surface area (Å²) in [6.07, 6.45) is 0. The third-order valence-electron chi connectivity index (χ3n) is 4.73. The van der Waals surface area contributed by atoms with Crippen molar-refractivity contribution < 1.29 is 4.79 Å². The molecule has 28 heavy (non-hydrogen) atoms. The smallest absolute Gasteiger partial charge is 0.280 e. The maximum absolute atomic E-state index is 13.0. The van der Waals surface area contributed by atoms with Gasteiger partial charge in [-0.1, -0.05) is 45.0 Å². The summed E-state index contributed by atoms with van der Waals surface area (Å²) in [5, 5.41) is 8.17. The van der Waals surface area contributed by atoms with Crippen LogP contribution in [0.3, 0.4) is 0 Å². The summed E-state index contributed by atoms with van der Waals surface area (Å²) < 4.78 is 3.00. The van der Waals surface area contributed by atoms with Crippen molar-refractivity contribution in [1.29, 1.82) is 5.26 Å². The summed E-state index contributed by atoms with van der Waals surface area (Å²) in [5.41, 5.74) is 2.77. The molecule has 0 fully saturated rings. The number of aromatic nitrogens is 2. The van der Waals surface area contributed by atoms with Gasteiger partial charge in [-0.3, -0.25) is 14.3 Å². The molecule has 0 amide bonds. The molecular formula is C22H20ClN3O2. The van der Waals surface area contributed by atoms with Crippen LogP contribution >= 0.6 is 11.6 Å². The summed E-state index contributed by atoms with van der Waals surface area (Å²) in [6, 6.07) is 16.4. The van der Waals surface area contributed by atoms with Crippen LogP contribution in [0, 0.1) is 11.3 Å². The van der Waals surface area contributed by atoms with Gasteiger partial charge in [-0.15, -0.1) is 0 Å². The summed E-state index contributed by atoms with van der Waals surface area (Å²) in [6.45, 7) is 6.35. The third-order valence-corrected chi connectivity index (χ3v) is 4.92. The van der Waals surface area contributed by atoms with E-state index in [-0.39, 0.29) is 11.0 Å². The van der Waals surface area contributed by atoms with Crippen LogP contribution in [0.4, 0.5) is 0 Å². The van der Waals surface area contributed by atoms with Gasteiger partial charge in [-0.05, 0) is 46.8 Å². The van der Waals surface area contributed by atoms with E-state index in [2.05, 4.69) is 20.8 Å². The van der Waals surface area contributed by atoms with Gasteiger partial charge in [0.2, 0.25) is 0 Å². The highest BCUT2D eigenvalue weighted by Crippen LogP contribution is 2.28. The van der Waals surface area contributed by atoms with Crippen molar-refractivity contribution >= 4 is 16.8 Å². The van der Waals surface area contributed by atoms with Gasteiger partial charge in [0, 0.05) is 12.6 Å². The fourth-order valence-electron chi connectivity index (χ4n) is 3.21. The van der Waals surface area contributed by atoms with Gasteiger partial charge in [0.15, 0.2) is 0 Å². The number of hydrogen-bond acceptors (Lipinski definition) is 3. The van der Waals surface area contributed by atoms with Gasteiger partial charge in [0.05, 0.1) is 23.0 Å². The minimum Gasteiger partial charge on any atom is -0.280 e. The minimum absolute atomic E-state index is 0.00995. The first-order chi connectivity index (χ1) is 13.1. The van der Waals surface area contributed by atoms with Crippen LogP contribution in [0.2, 0.25) is 0 Å². The molecule has 142 valence electrons. The lowest BCUT2D eigenvalue weighted by Gasteiger charge is -2.19. The van der Waals surface area contributed by atoms with Crippen molar-refractivity contribution in [3.63, 3.8) is 0 Å². The highest BCUT2D eigenvalue weighted by molar-refractivity contribution is 6.68. The van der Waals surface area contributed by atoms with Crippen molar-refractivity contribution in [2.45, 2.75) is 26.2 Å². The molecule has 0 aliphatic carbocycles. The second-order valence-electron chi connectivity index (χ2n) is 7.62. The molecule has 5 nitrogen and oxygen atoms in total. The topological polar surface area (TPSA) is 67.8 Å². The molecule has 0 unspecified atom stereocenters. The molecule has 2 aromatic carbocycles. The van der Waals surface area contributed by atoms with E-state index in [4.69, 9.17) is 16.9 Å². The van der Waals surface area contributed by atoms with E-state index < -0.39 is 10.8 Å². The van der Waals surface area contributed by atoms with Crippen molar-refractivity contribution in [3.05, 3.63) is 75.6 Å². The lowest BCUT2D eigenvalue weighted by atomic mass is 9.86. The predicted molar refractivity (Wildman–Crippen MR) is 110 cm³/mol.